The van der Waals surface area contributed by atoms with Crippen molar-refractivity contribution in [2.75, 3.05) is 0 Å². The normalized spacial score (nSPS) is 12.6. The number of nitrogens with zero attached hydrogens (tertiary/aromatic N) is 3. The maximum atomic E-state index is 13.8. The molecule has 0 atom stereocenters. The summed E-state index contributed by atoms with van der Waals surface area (Å²) in [5.41, 5.74) is 5.75. The molecule has 2 N–H and O–H groups in total. The highest BCUT2D eigenvalue weighted by Gasteiger charge is 2.13. The molecule has 0 saturated heterocycles. The zero-order valence-corrected chi connectivity index (χ0v) is 17.4. The zero-order chi connectivity index (χ0) is 22.1. The minimum absolute atomic E-state index is 0.274. The fraction of sp³-hybridized carbons (Fsp3) is 0.0385. The van der Waals surface area contributed by atoms with Gasteiger partial charge in [-0.2, -0.15) is 5.10 Å². The highest BCUT2D eigenvalue weighted by Crippen LogP contribution is 2.30. The van der Waals surface area contributed by atoms with Gasteiger partial charge < -0.3 is 4.98 Å². The maximum absolute atomic E-state index is 13.8. The molecule has 0 fully saturated rings. The zero-order valence-electron chi connectivity index (χ0n) is 17.4. The molecule has 0 radical (unpaired) electrons. The number of benzene rings is 1. The van der Waals surface area contributed by atoms with Gasteiger partial charge in [0.05, 0.1) is 11.0 Å². The Bertz CT molecular complexity index is 1560. The molecule has 4 heterocycles. The van der Waals surface area contributed by atoms with Crippen LogP contribution in [0.25, 0.3) is 51.3 Å². The molecular weight excluding hydrogens is 401 g/mol. The van der Waals surface area contributed by atoms with Crippen LogP contribution in [0.1, 0.15) is 12.5 Å². The van der Waals surface area contributed by atoms with Gasteiger partial charge in [-0.3, -0.25) is 10.1 Å². The van der Waals surface area contributed by atoms with Gasteiger partial charge in [-0.15, -0.1) is 0 Å². The number of aromatic amines is 2. The molecule has 1 aromatic carbocycles. The summed E-state index contributed by atoms with van der Waals surface area (Å²) in [6.07, 6.45) is 9.20. The number of halogens is 1. The number of nitrogens with one attached hydrogen (secondary N) is 2. The van der Waals surface area contributed by atoms with Crippen molar-refractivity contribution in [1.82, 2.24) is 25.1 Å². The van der Waals surface area contributed by atoms with Gasteiger partial charge in [-0.05, 0) is 65.6 Å². The molecule has 0 amide bonds. The summed E-state index contributed by atoms with van der Waals surface area (Å²) in [5.74, 6) is -0.274. The van der Waals surface area contributed by atoms with Crippen LogP contribution in [0.15, 0.2) is 73.7 Å². The summed E-state index contributed by atoms with van der Waals surface area (Å²) in [5, 5.41) is 10.4. The van der Waals surface area contributed by atoms with Crippen molar-refractivity contribution in [3.8, 4) is 22.5 Å². The lowest BCUT2D eigenvalue weighted by atomic mass is 10.0. The molecule has 5 rings (SSSR count). The molecule has 0 saturated carbocycles. The number of hydrogen-bond acceptors (Lipinski definition) is 3. The van der Waals surface area contributed by atoms with Crippen LogP contribution in [0.3, 0.4) is 0 Å². The van der Waals surface area contributed by atoms with Gasteiger partial charge in [0, 0.05) is 29.2 Å². The van der Waals surface area contributed by atoms with Crippen molar-refractivity contribution in [2.45, 2.75) is 6.92 Å². The van der Waals surface area contributed by atoms with Crippen LogP contribution in [-0.4, -0.2) is 25.1 Å². The number of pyridine rings is 2. The Morgan fingerprint density at radius 1 is 1.09 bits per heavy atom. The smallest absolute Gasteiger partial charge is 0.138 e. The largest absolute Gasteiger partial charge is 0.338 e. The van der Waals surface area contributed by atoms with Gasteiger partial charge in [0.2, 0.25) is 0 Å². The predicted molar refractivity (Wildman–Crippen MR) is 126 cm³/mol. The Morgan fingerprint density at radius 3 is 2.78 bits per heavy atom. The van der Waals surface area contributed by atoms with Crippen molar-refractivity contribution in [3.63, 3.8) is 0 Å². The molecular formula is C26H20FN5. The molecule has 0 unspecified atom stereocenters. The molecule has 6 heteroatoms. The van der Waals surface area contributed by atoms with Crippen LogP contribution in [0.5, 0.6) is 0 Å². The van der Waals surface area contributed by atoms with E-state index in [1.807, 2.05) is 49.4 Å². The average Bonchev–Trinajstić information content (AvgIpc) is 3.43. The summed E-state index contributed by atoms with van der Waals surface area (Å²) in [6.45, 7) is 6.16. The third kappa shape index (κ3) is 3.52. The topological polar surface area (TPSA) is 70.2 Å². The lowest BCUT2D eigenvalue weighted by Gasteiger charge is -2.02. The lowest BCUT2D eigenvalue weighted by molar-refractivity contribution is 0.628. The van der Waals surface area contributed by atoms with Gasteiger partial charge in [0.15, 0.2) is 0 Å². The van der Waals surface area contributed by atoms with Gasteiger partial charge in [-0.25, -0.2) is 9.37 Å². The average molecular weight is 421 g/mol. The van der Waals surface area contributed by atoms with Gasteiger partial charge in [0.1, 0.15) is 17.2 Å². The summed E-state index contributed by atoms with van der Waals surface area (Å²) in [4.78, 5) is 12.0. The molecule has 0 bridgehead atoms. The predicted octanol–water partition coefficient (Wildman–Crippen LogP) is 4.45. The van der Waals surface area contributed by atoms with E-state index < -0.39 is 0 Å². The van der Waals surface area contributed by atoms with E-state index in [4.69, 9.17) is 0 Å². The molecule has 5 nitrogen and oxygen atoms in total. The number of rotatable bonds is 4. The Morgan fingerprint density at radius 2 is 2.00 bits per heavy atom. The molecule has 156 valence electrons. The molecule has 5 aromatic rings. The molecule has 32 heavy (non-hydrogen) atoms. The Labute approximate surface area is 183 Å². The highest BCUT2D eigenvalue weighted by molar-refractivity contribution is 5.96. The number of allylic oxidation sites excluding steroid dienone is 1. The lowest BCUT2D eigenvalue weighted by Crippen LogP contribution is -2.23. The number of hydrogen-bond donors (Lipinski definition) is 2. The second-order valence-corrected chi connectivity index (χ2v) is 7.41. The van der Waals surface area contributed by atoms with Crippen molar-refractivity contribution in [2.24, 2.45) is 0 Å². The number of aromatic nitrogens is 5. The van der Waals surface area contributed by atoms with E-state index in [-0.39, 0.29) is 5.82 Å². The Hall–Kier alpha value is -4.32. The minimum Gasteiger partial charge on any atom is -0.338 e. The van der Waals surface area contributed by atoms with E-state index in [1.54, 1.807) is 24.7 Å². The van der Waals surface area contributed by atoms with Crippen LogP contribution in [0.4, 0.5) is 4.39 Å². The van der Waals surface area contributed by atoms with E-state index in [1.165, 1.54) is 12.1 Å². The fourth-order valence-electron chi connectivity index (χ4n) is 3.81. The third-order valence-electron chi connectivity index (χ3n) is 5.40. The Kier molecular flexibility index (Phi) is 4.95. The molecule has 4 aromatic heterocycles. The highest BCUT2D eigenvalue weighted by atomic mass is 19.1. The first-order valence-corrected chi connectivity index (χ1v) is 10.2. The molecule has 0 spiro atoms. The summed E-state index contributed by atoms with van der Waals surface area (Å²) >= 11 is 0. The van der Waals surface area contributed by atoms with Crippen LogP contribution >= 0.6 is 0 Å². The third-order valence-corrected chi connectivity index (χ3v) is 5.40. The SMILES string of the molecule is C=C(/C=c1/c(-c2cc3c(-c4cccc(F)c4)ccnc3[nH]2)n[nH]/c1=C/C)c1cccnc1. The second-order valence-electron chi connectivity index (χ2n) is 7.41. The first-order valence-electron chi connectivity index (χ1n) is 10.2. The van der Waals surface area contributed by atoms with Gasteiger partial charge in [0.25, 0.3) is 0 Å². The van der Waals surface area contributed by atoms with Crippen LogP contribution in [0, 0.1) is 5.82 Å². The molecule has 0 aliphatic rings. The van der Waals surface area contributed by atoms with E-state index in [9.17, 15) is 4.39 Å². The summed E-state index contributed by atoms with van der Waals surface area (Å²) in [6, 6.07) is 14.3. The van der Waals surface area contributed by atoms with Crippen molar-refractivity contribution in [1.29, 1.82) is 0 Å². The van der Waals surface area contributed by atoms with E-state index in [0.717, 1.165) is 49.6 Å². The monoisotopic (exact) mass is 421 g/mol. The fourth-order valence-corrected chi connectivity index (χ4v) is 3.81. The van der Waals surface area contributed by atoms with Gasteiger partial charge >= 0.3 is 0 Å². The molecule has 0 aliphatic carbocycles. The van der Waals surface area contributed by atoms with E-state index >= 15 is 0 Å². The van der Waals surface area contributed by atoms with Crippen molar-refractivity contribution in [3.05, 3.63) is 95.6 Å². The number of H-pyrrole nitrogens is 2. The standard InChI is InChI=1S/C26H20FN5/c1-3-23-22(12-16(2)18-7-5-10-28-15-18)25(32-31-23)24-14-21-20(9-11-29-26(21)30-24)17-6-4-8-19(27)13-17/h3-15,31H,2H2,1H3,(H,29,30)/b22-12+,23-3+. The van der Waals surface area contributed by atoms with Crippen LogP contribution in [-0.2, 0) is 0 Å². The van der Waals surface area contributed by atoms with Crippen molar-refractivity contribution < 1.29 is 4.39 Å². The maximum Gasteiger partial charge on any atom is 0.138 e. The minimum atomic E-state index is -0.274. The van der Waals surface area contributed by atoms with Crippen molar-refractivity contribution >= 4 is 28.8 Å². The van der Waals surface area contributed by atoms with E-state index in [0.29, 0.717) is 5.65 Å². The quantitative estimate of drug-likeness (QED) is 0.450. The van der Waals surface area contributed by atoms with Crippen LogP contribution < -0.4 is 10.6 Å². The Balaban J connectivity index is 1.68. The molecule has 0 aliphatic heterocycles. The second kappa shape index (κ2) is 8.07. The summed E-state index contributed by atoms with van der Waals surface area (Å²) < 4.78 is 13.8. The number of fused-ring (bicyclic) bond motifs is 1. The van der Waals surface area contributed by atoms with E-state index in [2.05, 4.69) is 31.7 Å². The first-order chi connectivity index (χ1) is 15.6. The van der Waals surface area contributed by atoms with Gasteiger partial charge in [-0.1, -0.05) is 30.9 Å². The van der Waals surface area contributed by atoms with Crippen LogP contribution in [0.2, 0.25) is 0 Å². The first kappa shape index (κ1) is 19.6. The summed E-state index contributed by atoms with van der Waals surface area (Å²) in [7, 11) is 0.